The number of aliphatic carboxylic acids is 1. The number of hydrogen-bond donors (Lipinski definition) is 6. The van der Waals surface area contributed by atoms with E-state index in [2.05, 4.69) is 31.7 Å². The second kappa shape index (κ2) is 16.1. The molecule has 1 unspecified atom stereocenters. The standard InChI is InChI=1S/C30H52FN7O6/c1-9-18(6)23(36-38-21-13-11-10-12-14-30(8,31)25(21)35-37-38)27(41)32-20(15-16(2)3)26(40)34-24(19(7)39)28(42)33-22(17(4)5)29(43)44/h16-20,22-24,36,39H,9-15H2,1-8H3,(H,32,41)(H,33,42)(H,34,40)(H,43,44)/t18-,19+,20-,22-,23-,24-,30?/m0/s1. The zero-order chi connectivity index (χ0) is 33.4. The van der Waals surface area contributed by atoms with E-state index in [9.17, 15) is 29.4 Å². The zero-order valence-corrected chi connectivity index (χ0v) is 27.3. The van der Waals surface area contributed by atoms with Crippen molar-refractivity contribution >= 4 is 23.7 Å². The number of nitrogens with one attached hydrogen (secondary N) is 4. The van der Waals surface area contributed by atoms with Gasteiger partial charge >= 0.3 is 5.97 Å². The minimum absolute atomic E-state index is 0.0329. The van der Waals surface area contributed by atoms with Gasteiger partial charge in [0, 0.05) is 0 Å². The Bertz CT molecular complexity index is 1140. The van der Waals surface area contributed by atoms with E-state index in [1.54, 1.807) is 13.8 Å². The average Bonchev–Trinajstić information content (AvgIpc) is 3.32. The lowest BCUT2D eigenvalue weighted by atomic mass is 9.90. The summed E-state index contributed by atoms with van der Waals surface area (Å²) in [6.07, 6.45) is 2.81. The number of aliphatic hydroxyl groups excluding tert-OH is 1. The zero-order valence-electron chi connectivity index (χ0n) is 27.3. The minimum Gasteiger partial charge on any atom is -0.480 e. The fraction of sp³-hybridized carbons (Fsp3) is 0.800. The number of nitrogens with zero attached hydrogens (tertiary/aromatic N) is 3. The van der Waals surface area contributed by atoms with Crippen LogP contribution in [0.1, 0.15) is 105 Å². The van der Waals surface area contributed by atoms with Crippen molar-refractivity contribution in [2.24, 2.45) is 17.8 Å². The van der Waals surface area contributed by atoms with Crippen LogP contribution in [0, 0.1) is 17.8 Å². The van der Waals surface area contributed by atoms with Gasteiger partial charge in [-0.1, -0.05) is 54.4 Å². The van der Waals surface area contributed by atoms with Crippen LogP contribution in [0.25, 0.3) is 0 Å². The van der Waals surface area contributed by atoms with E-state index in [1.165, 1.54) is 18.6 Å². The molecule has 7 atom stereocenters. The van der Waals surface area contributed by atoms with Gasteiger partial charge in [-0.2, -0.15) is 4.79 Å². The molecular weight excluding hydrogens is 573 g/mol. The van der Waals surface area contributed by atoms with Crippen LogP contribution in [0.2, 0.25) is 0 Å². The van der Waals surface area contributed by atoms with Gasteiger partial charge in [-0.05, 0) is 68.9 Å². The first-order valence-corrected chi connectivity index (χ1v) is 15.7. The van der Waals surface area contributed by atoms with Gasteiger partial charge in [0.15, 0.2) is 5.67 Å². The maximum Gasteiger partial charge on any atom is 0.326 e. The maximum atomic E-state index is 15.4. The van der Waals surface area contributed by atoms with Crippen molar-refractivity contribution in [2.75, 3.05) is 5.43 Å². The Hall–Kier alpha value is -3.29. The molecule has 1 aliphatic rings. The molecule has 6 N–H and O–H groups in total. The Morgan fingerprint density at radius 2 is 1.55 bits per heavy atom. The summed E-state index contributed by atoms with van der Waals surface area (Å²) in [5, 5.41) is 35.7. The van der Waals surface area contributed by atoms with E-state index < -0.39 is 65.5 Å². The molecule has 3 amide bonds. The number of aliphatic hydroxyl groups is 1. The fourth-order valence-corrected chi connectivity index (χ4v) is 5.27. The van der Waals surface area contributed by atoms with Crippen molar-refractivity contribution in [3.63, 3.8) is 0 Å². The molecule has 2 rings (SSSR count). The molecule has 14 heteroatoms. The molecule has 0 saturated carbocycles. The Labute approximate surface area is 259 Å². The van der Waals surface area contributed by atoms with Crippen LogP contribution in [-0.2, 0) is 31.3 Å². The highest BCUT2D eigenvalue weighted by atomic mass is 19.1. The summed E-state index contributed by atoms with van der Waals surface area (Å²) in [4.78, 5) is 53.1. The van der Waals surface area contributed by atoms with E-state index >= 15 is 4.39 Å². The predicted octanol–water partition coefficient (Wildman–Crippen LogP) is 2.16. The summed E-state index contributed by atoms with van der Waals surface area (Å²) in [6, 6.07) is -4.61. The van der Waals surface area contributed by atoms with Crippen LogP contribution < -0.4 is 21.4 Å². The van der Waals surface area contributed by atoms with Gasteiger partial charge in [0.2, 0.25) is 17.7 Å². The lowest BCUT2D eigenvalue weighted by Gasteiger charge is -2.30. The molecule has 1 aliphatic carbocycles. The SMILES string of the molecule is CC[C@H](C)[C@H](Nn1nnc2c1CCCCCC2(C)F)C(=O)N[C@@H](CC(C)C)C(=O)N[C@H](C(=O)N[C@H](C(=O)O)C(C)C)[C@@H](C)O. The summed E-state index contributed by atoms with van der Waals surface area (Å²) >= 11 is 0. The highest BCUT2D eigenvalue weighted by Gasteiger charge is 2.37. The monoisotopic (exact) mass is 625 g/mol. The number of halogens is 1. The van der Waals surface area contributed by atoms with Crippen molar-refractivity contribution in [1.82, 2.24) is 31.1 Å². The molecule has 0 radical (unpaired) electrons. The molecule has 1 heterocycles. The Balaban J connectivity index is 2.30. The van der Waals surface area contributed by atoms with Crippen LogP contribution in [0.5, 0.6) is 0 Å². The van der Waals surface area contributed by atoms with Crippen molar-refractivity contribution in [3.8, 4) is 0 Å². The van der Waals surface area contributed by atoms with E-state index in [4.69, 9.17) is 0 Å². The molecule has 0 spiro atoms. The van der Waals surface area contributed by atoms with Gasteiger partial charge in [0.05, 0.1) is 11.8 Å². The first kappa shape index (κ1) is 36.9. The third-order valence-corrected chi connectivity index (χ3v) is 8.21. The molecule has 1 aromatic rings. The van der Waals surface area contributed by atoms with Crippen molar-refractivity contribution in [2.45, 2.75) is 136 Å². The van der Waals surface area contributed by atoms with Crippen LogP contribution in [0.3, 0.4) is 0 Å². The van der Waals surface area contributed by atoms with Gasteiger partial charge in [0.1, 0.15) is 29.9 Å². The molecule has 250 valence electrons. The van der Waals surface area contributed by atoms with E-state index in [0.717, 1.165) is 19.3 Å². The number of aromatic nitrogens is 3. The molecule has 0 saturated heterocycles. The van der Waals surface area contributed by atoms with Crippen LogP contribution >= 0.6 is 0 Å². The number of carboxylic acid groups (broad SMARTS) is 1. The second-order valence-corrected chi connectivity index (χ2v) is 13.0. The number of carbonyl (C=O) groups excluding carboxylic acids is 3. The van der Waals surface area contributed by atoms with Gasteiger partial charge in [-0.3, -0.25) is 19.8 Å². The van der Waals surface area contributed by atoms with Gasteiger partial charge in [-0.15, -0.1) is 5.10 Å². The lowest BCUT2D eigenvalue weighted by Crippen LogP contribution is -2.60. The number of carbonyl (C=O) groups is 4. The van der Waals surface area contributed by atoms with Gasteiger partial charge in [-0.25, -0.2) is 9.18 Å². The van der Waals surface area contributed by atoms with Crippen LogP contribution in [0.4, 0.5) is 4.39 Å². The van der Waals surface area contributed by atoms with Crippen molar-refractivity contribution in [3.05, 3.63) is 11.4 Å². The molecule has 1 aromatic heterocycles. The molecule has 44 heavy (non-hydrogen) atoms. The molecular formula is C30H52FN7O6. The largest absolute Gasteiger partial charge is 0.480 e. The minimum atomic E-state index is -1.64. The number of rotatable bonds is 15. The first-order chi connectivity index (χ1) is 20.5. The Morgan fingerprint density at radius 1 is 0.932 bits per heavy atom. The molecule has 0 bridgehead atoms. The summed E-state index contributed by atoms with van der Waals surface area (Å²) in [5.41, 5.74) is 2.31. The topological polar surface area (TPSA) is 188 Å². The van der Waals surface area contributed by atoms with E-state index in [-0.39, 0.29) is 24.0 Å². The van der Waals surface area contributed by atoms with Gasteiger partial charge < -0.3 is 26.2 Å². The summed E-state index contributed by atoms with van der Waals surface area (Å²) in [7, 11) is 0. The lowest BCUT2D eigenvalue weighted by molar-refractivity contribution is -0.144. The Kier molecular flexibility index (Phi) is 13.5. The van der Waals surface area contributed by atoms with Crippen molar-refractivity contribution < 1.29 is 33.8 Å². The first-order valence-electron chi connectivity index (χ1n) is 15.7. The third-order valence-electron chi connectivity index (χ3n) is 8.21. The van der Waals surface area contributed by atoms with Crippen LogP contribution in [0.15, 0.2) is 0 Å². The number of alkyl halides is 1. The predicted molar refractivity (Wildman–Crippen MR) is 163 cm³/mol. The Morgan fingerprint density at radius 3 is 2.09 bits per heavy atom. The summed E-state index contributed by atoms with van der Waals surface area (Å²) < 4.78 is 15.4. The second-order valence-electron chi connectivity index (χ2n) is 13.0. The smallest absolute Gasteiger partial charge is 0.326 e. The highest BCUT2D eigenvalue weighted by Crippen LogP contribution is 2.34. The average molecular weight is 626 g/mol. The fourth-order valence-electron chi connectivity index (χ4n) is 5.27. The summed E-state index contributed by atoms with van der Waals surface area (Å²) in [6.45, 7) is 13.6. The highest BCUT2D eigenvalue weighted by molar-refractivity contribution is 5.94. The number of carboxylic acids is 1. The molecule has 13 nitrogen and oxygen atoms in total. The normalized spacial score (nSPS) is 21.1. The molecule has 0 aliphatic heterocycles. The summed E-state index contributed by atoms with van der Waals surface area (Å²) in [5.74, 6) is -3.99. The van der Waals surface area contributed by atoms with E-state index in [0.29, 0.717) is 25.0 Å². The van der Waals surface area contributed by atoms with Gasteiger partial charge in [0.25, 0.3) is 0 Å². The molecule has 0 aromatic carbocycles. The molecule has 0 fully saturated rings. The number of fused-ring (bicyclic) bond motifs is 1. The maximum absolute atomic E-state index is 15.4. The number of hydrogen-bond acceptors (Lipinski definition) is 8. The third kappa shape index (κ3) is 9.86. The van der Waals surface area contributed by atoms with Crippen molar-refractivity contribution in [1.29, 1.82) is 0 Å². The van der Waals surface area contributed by atoms with Crippen LogP contribution in [-0.4, -0.2) is 79.3 Å². The number of amides is 3. The van der Waals surface area contributed by atoms with E-state index in [1.807, 2.05) is 27.7 Å². The quantitative estimate of drug-likeness (QED) is 0.170.